The lowest BCUT2D eigenvalue weighted by Gasteiger charge is -2.21. The molecular weight excluding hydrogens is 492 g/mol. The molecule has 0 amide bonds. The quantitative estimate of drug-likeness (QED) is 0.167. The predicted molar refractivity (Wildman–Crippen MR) is 99.0 cm³/mol. The number of halogens is 12. The van der Waals surface area contributed by atoms with Crippen LogP contribution < -0.4 is 0 Å². The van der Waals surface area contributed by atoms with E-state index >= 15 is 0 Å². The molecule has 0 spiro atoms. The highest BCUT2D eigenvalue weighted by molar-refractivity contribution is 6.25. The standard InChI is InChI=1S/C22H8F12/c23-19(24,25)15-5-11-9-3-1-2-4-10(9)12-6-16(20(26,27)28)18(22(32,33)34)8-14(12)13(11)7-17(15)21(29,30)31/h1-8H. The molecule has 0 saturated carbocycles. The highest BCUT2D eigenvalue weighted by Crippen LogP contribution is 2.48. The fraction of sp³-hybridized carbons (Fsp3) is 0.182. The molecule has 180 valence electrons. The van der Waals surface area contributed by atoms with Crippen molar-refractivity contribution in [1.29, 1.82) is 0 Å². The molecule has 4 rings (SSSR count). The van der Waals surface area contributed by atoms with Crippen LogP contribution in [-0.4, -0.2) is 0 Å². The van der Waals surface area contributed by atoms with Crippen LogP contribution in [0.4, 0.5) is 52.7 Å². The minimum Gasteiger partial charge on any atom is -0.166 e. The van der Waals surface area contributed by atoms with E-state index in [0.717, 1.165) is 12.1 Å². The van der Waals surface area contributed by atoms with Crippen molar-refractivity contribution >= 4 is 32.3 Å². The fourth-order valence-electron chi connectivity index (χ4n) is 3.98. The van der Waals surface area contributed by atoms with Crippen molar-refractivity contribution in [2.24, 2.45) is 0 Å². The largest absolute Gasteiger partial charge is 0.417 e. The number of alkyl halides is 12. The molecule has 0 radical (unpaired) electrons. The van der Waals surface area contributed by atoms with Crippen molar-refractivity contribution in [2.75, 3.05) is 0 Å². The zero-order chi connectivity index (χ0) is 25.4. The fourth-order valence-corrected chi connectivity index (χ4v) is 3.98. The maximum atomic E-state index is 13.5. The van der Waals surface area contributed by atoms with Gasteiger partial charge in [0.15, 0.2) is 0 Å². The summed E-state index contributed by atoms with van der Waals surface area (Å²) in [5.41, 5.74) is -8.48. The summed E-state index contributed by atoms with van der Waals surface area (Å²) < 4.78 is 162. The van der Waals surface area contributed by atoms with E-state index in [-0.39, 0.29) is 35.0 Å². The number of rotatable bonds is 0. The zero-order valence-electron chi connectivity index (χ0n) is 16.2. The van der Waals surface area contributed by atoms with E-state index in [1.165, 1.54) is 12.1 Å². The summed E-state index contributed by atoms with van der Waals surface area (Å²) >= 11 is 0. The van der Waals surface area contributed by atoms with Crippen molar-refractivity contribution in [3.63, 3.8) is 0 Å². The second-order valence-corrected chi connectivity index (χ2v) is 7.42. The molecule has 0 bridgehead atoms. The molecule has 0 aliphatic heterocycles. The summed E-state index contributed by atoms with van der Waals surface area (Å²) in [7, 11) is 0. The van der Waals surface area contributed by atoms with Gasteiger partial charge < -0.3 is 0 Å². The normalized spacial score (nSPS) is 13.9. The van der Waals surface area contributed by atoms with E-state index in [4.69, 9.17) is 0 Å². The first kappa shape index (κ1) is 24.0. The molecular formula is C22H8F12. The molecule has 0 N–H and O–H groups in total. The lowest BCUT2D eigenvalue weighted by molar-refractivity contribution is -0.162. The van der Waals surface area contributed by atoms with E-state index in [2.05, 4.69) is 0 Å². The van der Waals surface area contributed by atoms with Crippen LogP contribution in [0.1, 0.15) is 22.3 Å². The SMILES string of the molecule is FC(F)(F)c1cc2c3ccccc3c3cc(C(F)(F)F)c(C(F)(F)F)cc3c2cc1C(F)(F)F. The smallest absolute Gasteiger partial charge is 0.166 e. The van der Waals surface area contributed by atoms with Crippen LogP contribution in [0, 0.1) is 0 Å². The third-order valence-corrected chi connectivity index (χ3v) is 5.33. The van der Waals surface area contributed by atoms with Crippen LogP contribution in [0.5, 0.6) is 0 Å². The van der Waals surface area contributed by atoms with E-state index in [1.807, 2.05) is 0 Å². The maximum Gasteiger partial charge on any atom is 0.417 e. The van der Waals surface area contributed by atoms with Gasteiger partial charge in [-0.3, -0.25) is 0 Å². The van der Waals surface area contributed by atoms with Gasteiger partial charge in [0, 0.05) is 0 Å². The van der Waals surface area contributed by atoms with E-state index in [9.17, 15) is 52.7 Å². The molecule has 34 heavy (non-hydrogen) atoms. The number of hydrogen-bond donors (Lipinski definition) is 0. The Labute approximate surface area is 181 Å². The Bertz CT molecular complexity index is 1320. The van der Waals surface area contributed by atoms with E-state index in [1.54, 1.807) is 0 Å². The van der Waals surface area contributed by atoms with Gasteiger partial charge in [0.25, 0.3) is 0 Å². The summed E-state index contributed by atoms with van der Waals surface area (Å²) in [6.07, 6.45) is -22.0. The average Bonchev–Trinajstić information content (AvgIpc) is 2.69. The Morgan fingerprint density at radius 2 is 0.529 bits per heavy atom. The monoisotopic (exact) mass is 500 g/mol. The number of fused-ring (bicyclic) bond motifs is 6. The molecule has 0 unspecified atom stereocenters. The van der Waals surface area contributed by atoms with Gasteiger partial charge in [-0.15, -0.1) is 0 Å². The maximum absolute atomic E-state index is 13.5. The molecule has 0 heterocycles. The molecule has 0 aliphatic carbocycles. The first-order chi connectivity index (χ1) is 15.4. The Hall–Kier alpha value is -3.18. The number of benzene rings is 4. The first-order valence-corrected chi connectivity index (χ1v) is 9.15. The second-order valence-electron chi connectivity index (χ2n) is 7.42. The van der Waals surface area contributed by atoms with Crippen LogP contribution in [0.15, 0.2) is 48.5 Å². The molecule has 0 nitrogen and oxygen atoms in total. The zero-order valence-corrected chi connectivity index (χ0v) is 16.2. The van der Waals surface area contributed by atoms with Gasteiger partial charge in [-0.2, -0.15) is 52.7 Å². The Morgan fingerprint density at radius 1 is 0.324 bits per heavy atom. The van der Waals surface area contributed by atoms with Gasteiger partial charge in [0.05, 0.1) is 22.3 Å². The van der Waals surface area contributed by atoms with E-state index in [0.29, 0.717) is 0 Å². The van der Waals surface area contributed by atoms with Crippen LogP contribution in [0.25, 0.3) is 32.3 Å². The van der Waals surface area contributed by atoms with Gasteiger partial charge in [0.2, 0.25) is 0 Å². The van der Waals surface area contributed by atoms with Gasteiger partial charge in [-0.05, 0) is 56.6 Å². The minimum atomic E-state index is -5.55. The van der Waals surface area contributed by atoms with Crippen molar-refractivity contribution in [3.8, 4) is 0 Å². The van der Waals surface area contributed by atoms with Crippen molar-refractivity contribution in [3.05, 3.63) is 70.8 Å². The van der Waals surface area contributed by atoms with Crippen molar-refractivity contribution in [1.82, 2.24) is 0 Å². The summed E-state index contributed by atoms with van der Waals surface area (Å²) in [6.45, 7) is 0. The van der Waals surface area contributed by atoms with Gasteiger partial charge in [-0.25, -0.2) is 0 Å². The molecule has 4 aromatic rings. The molecule has 4 aromatic carbocycles. The highest BCUT2D eigenvalue weighted by Gasteiger charge is 2.45. The van der Waals surface area contributed by atoms with E-state index < -0.39 is 68.5 Å². The van der Waals surface area contributed by atoms with Gasteiger partial charge >= 0.3 is 24.7 Å². The topological polar surface area (TPSA) is 0 Å². The molecule has 12 heteroatoms. The molecule has 0 saturated heterocycles. The molecule has 0 atom stereocenters. The highest BCUT2D eigenvalue weighted by atomic mass is 19.4. The van der Waals surface area contributed by atoms with Crippen LogP contribution in [0.3, 0.4) is 0 Å². The van der Waals surface area contributed by atoms with Crippen LogP contribution >= 0.6 is 0 Å². The van der Waals surface area contributed by atoms with Gasteiger partial charge in [0.1, 0.15) is 0 Å². The first-order valence-electron chi connectivity index (χ1n) is 9.15. The van der Waals surface area contributed by atoms with Crippen LogP contribution in [-0.2, 0) is 24.7 Å². The molecule has 0 fully saturated rings. The summed E-state index contributed by atoms with van der Waals surface area (Å²) in [5.74, 6) is 0. The number of hydrogen-bond acceptors (Lipinski definition) is 0. The summed E-state index contributed by atoms with van der Waals surface area (Å²) in [5, 5.41) is -2.69. The van der Waals surface area contributed by atoms with Crippen LogP contribution in [0.2, 0.25) is 0 Å². The average molecular weight is 500 g/mol. The Morgan fingerprint density at radius 3 is 0.735 bits per heavy atom. The Kier molecular flexibility index (Phi) is 5.05. The van der Waals surface area contributed by atoms with Gasteiger partial charge in [-0.1, -0.05) is 24.3 Å². The predicted octanol–water partition coefficient (Wildman–Crippen LogP) is 9.22. The van der Waals surface area contributed by atoms with Crippen molar-refractivity contribution in [2.45, 2.75) is 24.7 Å². The third kappa shape index (κ3) is 3.88. The summed E-state index contributed by atoms with van der Waals surface area (Å²) in [4.78, 5) is 0. The lowest BCUT2D eigenvalue weighted by Crippen LogP contribution is -2.17. The summed E-state index contributed by atoms with van der Waals surface area (Å²) in [6, 6.07) is 5.27. The molecule has 0 aromatic heterocycles. The third-order valence-electron chi connectivity index (χ3n) is 5.33. The van der Waals surface area contributed by atoms with Crippen molar-refractivity contribution < 1.29 is 52.7 Å². The Balaban J connectivity index is 2.33. The second kappa shape index (κ2) is 7.16. The lowest BCUT2D eigenvalue weighted by atomic mass is 9.88. The molecule has 0 aliphatic rings. The minimum absolute atomic E-state index is 0.0281.